The standard InChI is InChI=1S/C32H38O9/c33-29-21-25-5-1-3-7-27(25)23-31(29)40-19-17-38-15-13-36-11-9-35-10-12-37-14-16-39-18-20-41-32-24-28-8-4-2-6-26(28)22-30(32)34/h1-8,21-24,33-34H,9-20H2. The van der Waals surface area contributed by atoms with Crippen molar-refractivity contribution in [2.45, 2.75) is 0 Å². The van der Waals surface area contributed by atoms with Crippen molar-refractivity contribution < 1.29 is 43.4 Å². The molecule has 0 aromatic heterocycles. The fourth-order valence-electron chi connectivity index (χ4n) is 4.05. The van der Waals surface area contributed by atoms with Crippen LogP contribution in [0, 0.1) is 0 Å². The van der Waals surface area contributed by atoms with E-state index in [9.17, 15) is 10.2 Å². The van der Waals surface area contributed by atoms with Gasteiger partial charge in [-0.2, -0.15) is 0 Å². The van der Waals surface area contributed by atoms with E-state index >= 15 is 0 Å². The summed E-state index contributed by atoms with van der Waals surface area (Å²) in [5, 5.41) is 24.1. The Hall–Kier alpha value is -3.60. The maximum atomic E-state index is 10.1. The van der Waals surface area contributed by atoms with E-state index in [1.54, 1.807) is 12.1 Å². The number of fused-ring (bicyclic) bond motifs is 2. The van der Waals surface area contributed by atoms with Crippen LogP contribution in [0.5, 0.6) is 23.0 Å². The Labute approximate surface area is 240 Å². The van der Waals surface area contributed by atoms with Gasteiger partial charge < -0.3 is 43.4 Å². The van der Waals surface area contributed by atoms with Gasteiger partial charge in [-0.25, -0.2) is 0 Å². The van der Waals surface area contributed by atoms with Gasteiger partial charge in [-0.15, -0.1) is 0 Å². The molecule has 0 aliphatic rings. The lowest BCUT2D eigenvalue weighted by molar-refractivity contribution is -0.0142. The van der Waals surface area contributed by atoms with Crippen molar-refractivity contribution in [1.82, 2.24) is 0 Å². The third-order valence-electron chi connectivity index (χ3n) is 6.11. The van der Waals surface area contributed by atoms with Crippen molar-refractivity contribution in [2.24, 2.45) is 0 Å². The van der Waals surface area contributed by atoms with Crippen molar-refractivity contribution in [1.29, 1.82) is 0 Å². The summed E-state index contributed by atoms with van der Waals surface area (Å²) < 4.78 is 38.7. The molecule has 0 radical (unpaired) electrons. The van der Waals surface area contributed by atoms with Gasteiger partial charge in [-0.1, -0.05) is 48.5 Å². The highest BCUT2D eigenvalue weighted by molar-refractivity contribution is 5.86. The smallest absolute Gasteiger partial charge is 0.161 e. The van der Waals surface area contributed by atoms with Crippen molar-refractivity contribution in [3.63, 3.8) is 0 Å². The second-order valence-corrected chi connectivity index (χ2v) is 9.09. The number of aromatic hydroxyl groups is 2. The molecule has 0 heterocycles. The van der Waals surface area contributed by atoms with E-state index in [2.05, 4.69) is 0 Å². The molecule has 4 aromatic rings. The quantitative estimate of drug-likeness (QED) is 0.144. The Kier molecular flexibility index (Phi) is 12.8. The van der Waals surface area contributed by atoms with Crippen LogP contribution in [0.4, 0.5) is 0 Å². The summed E-state index contributed by atoms with van der Waals surface area (Å²) in [7, 11) is 0. The van der Waals surface area contributed by atoms with E-state index in [-0.39, 0.29) is 11.5 Å². The van der Waals surface area contributed by atoms with Crippen LogP contribution in [-0.2, 0) is 23.7 Å². The molecule has 220 valence electrons. The van der Waals surface area contributed by atoms with Crippen molar-refractivity contribution in [3.05, 3.63) is 72.8 Å². The second-order valence-electron chi connectivity index (χ2n) is 9.09. The third-order valence-corrected chi connectivity index (χ3v) is 6.11. The lowest BCUT2D eigenvalue weighted by Crippen LogP contribution is -2.15. The summed E-state index contributed by atoms with van der Waals surface area (Å²) in [5.74, 6) is 1.13. The van der Waals surface area contributed by atoms with Gasteiger partial charge in [0.15, 0.2) is 23.0 Å². The highest BCUT2D eigenvalue weighted by Gasteiger charge is 2.06. The molecule has 0 saturated carbocycles. The van der Waals surface area contributed by atoms with E-state index in [1.807, 2.05) is 60.7 Å². The molecule has 0 aliphatic heterocycles. The van der Waals surface area contributed by atoms with Crippen LogP contribution in [0.2, 0.25) is 0 Å². The van der Waals surface area contributed by atoms with Gasteiger partial charge >= 0.3 is 0 Å². The predicted molar refractivity (Wildman–Crippen MR) is 156 cm³/mol. The van der Waals surface area contributed by atoms with Gasteiger partial charge in [-0.05, 0) is 45.8 Å². The zero-order valence-electron chi connectivity index (χ0n) is 23.2. The molecule has 0 amide bonds. The van der Waals surface area contributed by atoms with Gasteiger partial charge in [0.2, 0.25) is 0 Å². The maximum Gasteiger partial charge on any atom is 0.161 e. The molecule has 0 aliphatic carbocycles. The highest BCUT2D eigenvalue weighted by atomic mass is 16.6. The Morgan fingerprint density at radius 2 is 0.634 bits per heavy atom. The SMILES string of the molecule is Oc1cc2ccccc2cc1OCCOCCOCCOCCOCCOCCOc1cc2ccccc2cc1O. The highest BCUT2D eigenvalue weighted by Crippen LogP contribution is 2.32. The van der Waals surface area contributed by atoms with Crippen LogP contribution in [0.3, 0.4) is 0 Å². The van der Waals surface area contributed by atoms with Gasteiger partial charge in [-0.3, -0.25) is 0 Å². The molecular formula is C32H38O9. The van der Waals surface area contributed by atoms with Gasteiger partial charge in [0.1, 0.15) is 13.2 Å². The normalized spacial score (nSPS) is 11.3. The van der Waals surface area contributed by atoms with E-state index in [0.29, 0.717) is 90.8 Å². The fourth-order valence-corrected chi connectivity index (χ4v) is 4.05. The first-order valence-corrected chi connectivity index (χ1v) is 13.8. The fraction of sp³-hybridized carbons (Fsp3) is 0.375. The number of hydrogen-bond donors (Lipinski definition) is 2. The van der Waals surface area contributed by atoms with E-state index in [0.717, 1.165) is 21.5 Å². The van der Waals surface area contributed by atoms with Crippen LogP contribution in [0.15, 0.2) is 72.8 Å². The summed E-state index contributed by atoms with van der Waals surface area (Å²) in [4.78, 5) is 0. The monoisotopic (exact) mass is 566 g/mol. The first-order valence-electron chi connectivity index (χ1n) is 13.8. The molecular weight excluding hydrogens is 528 g/mol. The molecule has 9 nitrogen and oxygen atoms in total. The molecule has 0 unspecified atom stereocenters. The van der Waals surface area contributed by atoms with Crippen LogP contribution in [0.1, 0.15) is 0 Å². The van der Waals surface area contributed by atoms with Crippen LogP contribution in [-0.4, -0.2) is 89.5 Å². The van der Waals surface area contributed by atoms with Gasteiger partial charge in [0.25, 0.3) is 0 Å². The Morgan fingerprint density at radius 1 is 0.366 bits per heavy atom. The minimum Gasteiger partial charge on any atom is -0.504 e. The maximum absolute atomic E-state index is 10.1. The molecule has 41 heavy (non-hydrogen) atoms. The van der Waals surface area contributed by atoms with Crippen LogP contribution >= 0.6 is 0 Å². The molecule has 4 aromatic carbocycles. The first-order chi connectivity index (χ1) is 20.2. The average Bonchev–Trinajstić information content (AvgIpc) is 2.98. The molecule has 9 heteroatoms. The number of benzene rings is 4. The summed E-state index contributed by atoms with van der Waals surface area (Å²) in [5.41, 5.74) is 0. The summed E-state index contributed by atoms with van der Waals surface area (Å²) in [6, 6.07) is 22.6. The topological polar surface area (TPSA) is 105 Å². The zero-order valence-corrected chi connectivity index (χ0v) is 23.2. The number of ether oxygens (including phenoxy) is 7. The Bertz CT molecular complexity index is 1230. The summed E-state index contributed by atoms with van der Waals surface area (Å²) >= 11 is 0. The molecule has 0 fully saturated rings. The third kappa shape index (κ3) is 10.4. The molecule has 0 bridgehead atoms. The lowest BCUT2D eigenvalue weighted by Gasteiger charge is -2.11. The second kappa shape index (κ2) is 17.3. The largest absolute Gasteiger partial charge is 0.504 e. The van der Waals surface area contributed by atoms with Crippen LogP contribution in [0.25, 0.3) is 21.5 Å². The van der Waals surface area contributed by atoms with Gasteiger partial charge in [0.05, 0.1) is 66.1 Å². The van der Waals surface area contributed by atoms with Crippen molar-refractivity contribution in [2.75, 3.05) is 79.3 Å². The molecule has 0 saturated heterocycles. The average molecular weight is 567 g/mol. The zero-order chi connectivity index (χ0) is 28.5. The van der Waals surface area contributed by atoms with Crippen molar-refractivity contribution in [3.8, 4) is 23.0 Å². The van der Waals surface area contributed by atoms with Crippen LogP contribution < -0.4 is 9.47 Å². The first kappa shape index (κ1) is 30.4. The number of hydrogen-bond acceptors (Lipinski definition) is 9. The minimum atomic E-state index is 0.118. The number of rotatable bonds is 20. The Balaban J connectivity index is 0.894. The molecule has 0 spiro atoms. The number of phenols is 2. The lowest BCUT2D eigenvalue weighted by atomic mass is 10.1. The molecule has 2 N–H and O–H groups in total. The molecule has 0 atom stereocenters. The molecule has 4 rings (SSSR count). The summed E-state index contributed by atoms with van der Waals surface area (Å²) in [6.45, 7) is 5.18. The minimum absolute atomic E-state index is 0.118. The Morgan fingerprint density at radius 3 is 0.951 bits per heavy atom. The van der Waals surface area contributed by atoms with E-state index in [1.165, 1.54) is 0 Å². The predicted octanol–water partition coefficient (Wildman–Crippen LogP) is 4.95. The number of phenolic OH excluding ortho intramolecular Hbond substituents is 2. The summed E-state index contributed by atoms with van der Waals surface area (Å²) in [6.07, 6.45) is 0. The van der Waals surface area contributed by atoms with Crippen molar-refractivity contribution >= 4 is 21.5 Å². The van der Waals surface area contributed by atoms with Gasteiger partial charge in [0, 0.05) is 0 Å². The van der Waals surface area contributed by atoms with E-state index in [4.69, 9.17) is 33.2 Å². The van der Waals surface area contributed by atoms with E-state index < -0.39 is 0 Å².